The summed E-state index contributed by atoms with van der Waals surface area (Å²) in [6, 6.07) is 23.2. The van der Waals surface area contributed by atoms with Crippen molar-refractivity contribution >= 4 is 22.7 Å². The lowest BCUT2D eigenvalue weighted by Crippen LogP contribution is -1.95. The minimum absolute atomic E-state index is 1.08. The maximum Gasteiger partial charge on any atom is 0.0414 e. The number of hydrogen-bond donors (Lipinski definition) is 2. The van der Waals surface area contributed by atoms with E-state index in [-0.39, 0.29) is 0 Å². The Morgan fingerprint density at radius 1 is 0.565 bits per heavy atom. The van der Waals surface area contributed by atoms with Crippen molar-refractivity contribution in [3.8, 4) is 0 Å². The monoisotopic (exact) mass is 302 g/mol. The Morgan fingerprint density at radius 2 is 1.22 bits per heavy atom. The van der Waals surface area contributed by atoms with E-state index in [1.807, 2.05) is 0 Å². The van der Waals surface area contributed by atoms with Crippen LogP contribution in [-0.4, -0.2) is 0 Å². The molecule has 0 spiro atoms. The Morgan fingerprint density at radius 3 is 1.87 bits per heavy atom. The molecule has 2 nitrogen and oxygen atoms in total. The van der Waals surface area contributed by atoms with E-state index < -0.39 is 0 Å². The van der Waals surface area contributed by atoms with Crippen LogP contribution >= 0.6 is 0 Å². The molecule has 0 fully saturated rings. The number of aryl methyl sites for hydroxylation is 3. The lowest BCUT2D eigenvalue weighted by Gasteiger charge is -2.12. The average Bonchev–Trinajstić information content (AvgIpc) is 2.52. The molecule has 2 heteroatoms. The summed E-state index contributed by atoms with van der Waals surface area (Å²) in [6.45, 7) is 6.34. The van der Waals surface area contributed by atoms with Crippen molar-refractivity contribution in [1.29, 1.82) is 0 Å². The Balaban J connectivity index is 1.72. The molecule has 116 valence electrons. The van der Waals surface area contributed by atoms with E-state index in [9.17, 15) is 0 Å². The highest BCUT2D eigenvalue weighted by molar-refractivity contribution is 5.67. The molecule has 0 aliphatic carbocycles. The number of rotatable bonds is 4. The molecule has 3 aromatic rings. The molecule has 0 saturated heterocycles. The molecule has 0 heterocycles. The summed E-state index contributed by atoms with van der Waals surface area (Å²) in [6.07, 6.45) is 0. The molecule has 0 aliphatic rings. The van der Waals surface area contributed by atoms with E-state index in [1.54, 1.807) is 0 Å². The van der Waals surface area contributed by atoms with Gasteiger partial charge >= 0.3 is 0 Å². The van der Waals surface area contributed by atoms with Crippen molar-refractivity contribution in [2.75, 3.05) is 10.6 Å². The highest BCUT2D eigenvalue weighted by atomic mass is 14.9. The van der Waals surface area contributed by atoms with Gasteiger partial charge in [-0.15, -0.1) is 0 Å². The van der Waals surface area contributed by atoms with Crippen LogP contribution in [0.4, 0.5) is 22.7 Å². The average molecular weight is 302 g/mol. The lowest BCUT2D eigenvalue weighted by atomic mass is 10.1. The summed E-state index contributed by atoms with van der Waals surface area (Å²) in [7, 11) is 0. The van der Waals surface area contributed by atoms with Gasteiger partial charge in [0.2, 0.25) is 0 Å². The zero-order valence-corrected chi connectivity index (χ0v) is 13.9. The molecule has 0 atom stereocenters. The molecular formula is C21H22N2. The summed E-state index contributed by atoms with van der Waals surface area (Å²) in [5.74, 6) is 0. The summed E-state index contributed by atoms with van der Waals surface area (Å²) in [5, 5.41) is 6.90. The van der Waals surface area contributed by atoms with Crippen LogP contribution in [0.5, 0.6) is 0 Å². The molecule has 0 saturated carbocycles. The van der Waals surface area contributed by atoms with E-state index in [2.05, 4.69) is 98.1 Å². The Labute approximate surface area is 138 Å². The summed E-state index contributed by atoms with van der Waals surface area (Å²) in [5.41, 5.74) is 8.23. The van der Waals surface area contributed by atoms with Crippen LogP contribution in [0.1, 0.15) is 16.7 Å². The maximum absolute atomic E-state index is 3.47. The minimum Gasteiger partial charge on any atom is -0.356 e. The molecule has 23 heavy (non-hydrogen) atoms. The van der Waals surface area contributed by atoms with Crippen molar-refractivity contribution in [2.24, 2.45) is 0 Å². The number of benzene rings is 3. The third-order valence-corrected chi connectivity index (χ3v) is 3.85. The van der Waals surface area contributed by atoms with E-state index in [0.29, 0.717) is 0 Å². The van der Waals surface area contributed by atoms with Crippen molar-refractivity contribution in [3.63, 3.8) is 0 Å². The van der Waals surface area contributed by atoms with Gasteiger partial charge in [0.15, 0.2) is 0 Å². The second kappa shape index (κ2) is 6.57. The van der Waals surface area contributed by atoms with Crippen LogP contribution < -0.4 is 10.6 Å². The van der Waals surface area contributed by atoms with Gasteiger partial charge in [-0.3, -0.25) is 0 Å². The standard InChI is InChI=1S/C21H22N2/c1-15-5-4-6-20(14-15)22-18-8-10-19(11-9-18)23-21-12-7-16(2)13-17(21)3/h4-14,22-23H,1-3H3. The molecule has 0 amide bonds. The number of anilines is 4. The highest BCUT2D eigenvalue weighted by Crippen LogP contribution is 2.24. The van der Waals surface area contributed by atoms with Gasteiger partial charge < -0.3 is 10.6 Å². The van der Waals surface area contributed by atoms with E-state index in [1.165, 1.54) is 16.7 Å². The smallest absolute Gasteiger partial charge is 0.0414 e. The predicted octanol–water partition coefficient (Wildman–Crippen LogP) is 6.10. The third kappa shape index (κ3) is 3.92. The Hall–Kier alpha value is -2.74. The fourth-order valence-electron chi connectivity index (χ4n) is 2.64. The van der Waals surface area contributed by atoms with Gasteiger partial charge in [-0.2, -0.15) is 0 Å². The van der Waals surface area contributed by atoms with Crippen molar-refractivity contribution in [1.82, 2.24) is 0 Å². The summed E-state index contributed by atoms with van der Waals surface area (Å²) in [4.78, 5) is 0. The van der Waals surface area contributed by atoms with Crippen LogP contribution in [0.2, 0.25) is 0 Å². The van der Waals surface area contributed by atoms with E-state index in [4.69, 9.17) is 0 Å². The van der Waals surface area contributed by atoms with Crippen molar-refractivity contribution in [2.45, 2.75) is 20.8 Å². The largest absolute Gasteiger partial charge is 0.356 e. The first-order chi connectivity index (χ1) is 11.1. The minimum atomic E-state index is 1.08. The van der Waals surface area contributed by atoms with Crippen molar-refractivity contribution in [3.05, 3.63) is 83.4 Å². The molecule has 0 aromatic heterocycles. The first-order valence-electron chi connectivity index (χ1n) is 7.88. The SMILES string of the molecule is Cc1cccc(Nc2ccc(Nc3ccc(C)cc3C)cc2)c1. The molecule has 3 rings (SSSR count). The van der Waals surface area contributed by atoms with Crippen LogP contribution in [-0.2, 0) is 0 Å². The topological polar surface area (TPSA) is 24.1 Å². The van der Waals surface area contributed by atoms with Gasteiger partial charge in [-0.25, -0.2) is 0 Å². The molecule has 2 N–H and O–H groups in total. The van der Waals surface area contributed by atoms with Gasteiger partial charge in [0.1, 0.15) is 0 Å². The Kier molecular flexibility index (Phi) is 4.33. The molecule has 3 aromatic carbocycles. The first kappa shape index (κ1) is 15.2. The van der Waals surface area contributed by atoms with Crippen LogP contribution in [0.15, 0.2) is 66.7 Å². The summed E-state index contributed by atoms with van der Waals surface area (Å²) >= 11 is 0. The second-order valence-electron chi connectivity index (χ2n) is 6.02. The van der Waals surface area contributed by atoms with Gasteiger partial charge in [0.05, 0.1) is 0 Å². The zero-order valence-electron chi connectivity index (χ0n) is 13.9. The van der Waals surface area contributed by atoms with Gasteiger partial charge in [-0.05, 0) is 74.4 Å². The molecular weight excluding hydrogens is 280 g/mol. The molecule has 0 aliphatic heterocycles. The molecule has 0 unspecified atom stereocenters. The fraction of sp³-hybridized carbons (Fsp3) is 0.143. The maximum atomic E-state index is 3.47. The normalized spacial score (nSPS) is 10.4. The molecule has 0 radical (unpaired) electrons. The highest BCUT2D eigenvalue weighted by Gasteiger charge is 2.00. The van der Waals surface area contributed by atoms with Crippen molar-refractivity contribution < 1.29 is 0 Å². The van der Waals surface area contributed by atoms with Gasteiger partial charge in [0, 0.05) is 22.7 Å². The second-order valence-corrected chi connectivity index (χ2v) is 6.02. The summed E-state index contributed by atoms with van der Waals surface area (Å²) < 4.78 is 0. The lowest BCUT2D eigenvalue weighted by molar-refractivity contribution is 1.37. The third-order valence-electron chi connectivity index (χ3n) is 3.85. The van der Waals surface area contributed by atoms with Gasteiger partial charge in [0.25, 0.3) is 0 Å². The quantitative estimate of drug-likeness (QED) is 0.608. The van der Waals surface area contributed by atoms with E-state index >= 15 is 0 Å². The number of hydrogen-bond acceptors (Lipinski definition) is 2. The van der Waals surface area contributed by atoms with Crippen LogP contribution in [0.25, 0.3) is 0 Å². The number of nitrogens with one attached hydrogen (secondary N) is 2. The fourth-order valence-corrected chi connectivity index (χ4v) is 2.64. The van der Waals surface area contributed by atoms with Crippen LogP contribution in [0.3, 0.4) is 0 Å². The molecule has 0 bridgehead atoms. The van der Waals surface area contributed by atoms with E-state index in [0.717, 1.165) is 22.7 Å². The Bertz CT molecular complexity index is 804. The zero-order chi connectivity index (χ0) is 16.2. The predicted molar refractivity (Wildman–Crippen MR) is 100 cm³/mol. The first-order valence-corrected chi connectivity index (χ1v) is 7.88. The van der Waals surface area contributed by atoms with Gasteiger partial charge in [-0.1, -0.05) is 29.8 Å². The van der Waals surface area contributed by atoms with Crippen LogP contribution in [0, 0.1) is 20.8 Å².